The number of sulfonamides is 1. The second-order valence-electron chi connectivity index (χ2n) is 15.7. The lowest BCUT2D eigenvalue weighted by Gasteiger charge is -2.31. The third-order valence-corrected chi connectivity index (χ3v) is 12.3. The largest absolute Gasteiger partial charge is 0.444 e. The fourth-order valence-electron chi connectivity index (χ4n) is 7.34. The van der Waals surface area contributed by atoms with Crippen LogP contribution in [-0.4, -0.2) is 89.2 Å². The van der Waals surface area contributed by atoms with E-state index in [9.17, 15) is 36.8 Å². The highest BCUT2D eigenvalue weighted by atomic mass is 32.2. The molecule has 0 bridgehead atoms. The molecule has 3 N–H and O–H groups in total. The van der Waals surface area contributed by atoms with Crippen molar-refractivity contribution in [3.8, 4) is 0 Å². The van der Waals surface area contributed by atoms with Crippen LogP contribution in [0.25, 0.3) is 0 Å². The van der Waals surface area contributed by atoms with Gasteiger partial charge in [0, 0.05) is 23.9 Å². The molecule has 52 heavy (non-hydrogen) atoms. The second kappa shape index (κ2) is 14.3. The number of halogens is 1. The van der Waals surface area contributed by atoms with Crippen molar-refractivity contribution in [3.05, 3.63) is 47.3 Å². The number of ether oxygens (including phenoxy) is 2. The number of hydrogen-bond donors (Lipinski definition) is 3. The average molecular weight is 746 g/mol. The lowest BCUT2D eigenvalue weighted by molar-refractivity contribution is -0.142. The summed E-state index contributed by atoms with van der Waals surface area (Å²) >= 11 is 0. The molecule has 6 rings (SSSR count). The van der Waals surface area contributed by atoms with Crippen molar-refractivity contribution in [2.24, 2.45) is 11.8 Å². The van der Waals surface area contributed by atoms with Crippen LogP contribution >= 0.6 is 0 Å². The number of hydrogen-bond acceptors (Lipinski definition) is 9. The number of fused-ring (bicyclic) bond motifs is 3. The van der Waals surface area contributed by atoms with Crippen molar-refractivity contribution in [1.29, 1.82) is 0 Å². The summed E-state index contributed by atoms with van der Waals surface area (Å²) in [5.74, 6) is -3.88. The monoisotopic (exact) mass is 745 g/mol. The lowest BCUT2D eigenvalue weighted by Crippen LogP contribution is -2.59. The van der Waals surface area contributed by atoms with Gasteiger partial charge in [0.25, 0.3) is 5.91 Å². The van der Waals surface area contributed by atoms with Crippen LogP contribution in [0.5, 0.6) is 0 Å². The fraction of sp³-hybridized carbons (Fsp3) is 0.639. The zero-order valence-electron chi connectivity index (χ0n) is 30.0. The maximum atomic E-state index is 14.5. The van der Waals surface area contributed by atoms with Crippen LogP contribution in [-0.2, 0) is 47.0 Å². The third-order valence-electron chi connectivity index (χ3n) is 10.5. The SMILES string of the molecule is C[C@H]1[C@@H](OC(=O)N2Cc3cccc(F)c3C2)CN2C(=O)[C@@H](NC(=O)OC(C)(C)C)CCCCC/C=C\[C@@H]3C[C@@]3(C(=O)NS(=O)(=O)C3CC3)NC(=O)[C@H]12. The maximum Gasteiger partial charge on any atom is 0.410 e. The highest BCUT2D eigenvalue weighted by molar-refractivity contribution is 7.91. The summed E-state index contributed by atoms with van der Waals surface area (Å²) in [5.41, 5.74) is -1.38. The molecule has 5 amide bonds. The zero-order chi connectivity index (χ0) is 37.6. The fourth-order valence-corrected chi connectivity index (χ4v) is 8.70. The van der Waals surface area contributed by atoms with E-state index in [4.69, 9.17) is 9.47 Å². The van der Waals surface area contributed by atoms with E-state index < -0.39 is 92.2 Å². The van der Waals surface area contributed by atoms with Crippen LogP contribution in [0, 0.1) is 17.7 Å². The molecule has 1 aromatic rings. The smallest absolute Gasteiger partial charge is 0.410 e. The molecule has 3 aliphatic heterocycles. The molecule has 0 unspecified atom stereocenters. The van der Waals surface area contributed by atoms with Gasteiger partial charge < -0.3 is 25.0 Å². The van der Waals surface area contributed by atoms with Gasteiger partial charge in [-0.1, -0.05) is 44.1 Å². The minimum absolute atomic E-state index is 0.00726. The first-order valence-corrected chi connectivity index (χ1v) is 19.6. The van der Waals surface area contributed by atoms with E-state index in [0.717, 1.165) is 12.8 Å². The van der Waals surface area contributed by atoms with Gasteiger partial charge in [-0.25, -0.2) is 22.4 Å². The number of rotatable bonds is 5. The van der Waals surface area contributed by atoms with Crippen molar-refractivity contribution in [3.63, 3.8) is 0 Å². The van der Waals surface area contributed by atoms with Crippen LogP contribution in [0.1, 0.15) is 90.2 Å². The molecule has 0 radical (unpaired) electrons. The van der Waals surface area contributed by atoms with Gasteiger partial charge in [0.2, 0.25) is 21.8 Å². The first-order valence-electron chi connectivity index (χ1n) is 18.1. The summed E-state index contributed by atoms with van der Waals surface area (Å²) in [7, 11) is -3.93. The van der Waals surface area contributed by atoms with E-state index in [1.165, 1.54) is 15.9 Å². The molecule has 0 spiro atoms. The van der Waals surface area contributed by atoms with E-state index in [-0.39, 0.29) is 32.5 Å². The molecular weight excluding hydrogens is 697 g/mol. The van der Waals surface area contributed by atoms with Crippen molar-refractivity contribution in [2.45, 2.75) is 127 Å². The van der Waals surface area contributed by atoms with E-state index in [2.05, 4.69) is 15.4 Å². The predicted octanol–water partition coefficient (Wildman–Crippen LogP) is 3.39. The van der Waals surface area contributed by atoms with Crippen LogP contribution in [0.15, 0.2) is 30.4 Å². The van der Waals surface area contributed by atoms with Crippen LogP contribution < -0.4 is 15.4 Å². The molecule has 6 atom stereocenters. The summed E-state index contributed by atoms with van der Waals surface area (Å²) in [4.78, 5) is 71.5. The van der Waals surface area contributed by atoms with Crippen LogP contribution in [0.3, 0.4) is 0 Å². The Morgan fingerprint density at radius 1 is 1.06 bits per heavy atom. The Kier molecular flexibility index (Phi) is 10.3. The van der Waals surface area contributed by atoms with E-state index >= 15 is 0 Å². The maximum absolute atomic E-state index is 14.5. The first kappa shape index (κ1) is 37.5. The van der Waals surface area contributed by atoms with Gasteiger partial charge in [-0.2, -0.15) is 0 Å². The van der Waals surface area contributed by atoms with Crippen molar-refractivity contribution >= 4 is 39.9 Å². The standard InChI is InChI=1S/C36H48FN5O9S/c1-21-28(50-34(47)41-18-22-11-10-13-26(37)25(22)19-41)20-42-29(21)30(43)39-36(32(45)40-52(48,49)24-15-16-24)17-23(36)12-8-6-5-7-9-14-27(31(42)44)38-33(46)51-35(2,3)4/h8,10-13,21,23-24,27-29H,5-7,9,14-20H2,1-4H3,(H,38,46)(H,39,43)(H,40,45)/b12-8-/t21-,23+,27-,28-,29-,36+/m0/s1. The average Bonchev–Trinajstić information content (AvgIpc) is 3.95. The van der Waals surface area contributed by atoms with Crippen molar-refractivity contribution in [2.75, 3.05) is 6.54 Å². The summed E-state index contributed by atoms with van der Waals surface area (Å²) in [6.07, 6.45) is 5.17. The summed E-state index contributed by atoms with van der Waals surface area (Å²) < 4.78 is 53.6. The molecule has 5 aliphatic rings. The molecule has 284 valence electrons. The van der Waals surface area contributed by atoms with E-state index in [1.54, 1.807) is 39.8 Å². The Bertz CT molecular complexity index is 1760. The number of amides is 5. The van der Waals surface area contributed by atoms with Gasteiger partial charge in [-0.15, -0.1) is 0 Å². The van der Waals surface area contributed by atoms with Crippen LogP contribution in [0.2, 0.25) is 0 Å². The molecular formula is C36H48FN5O9S. The molecule has 3 heterocycles. The number of carbonyl (C=O) groups excluding carboxylic acids is 5. The minimum Gasteiger partial charge on any atom is -0.444 e. The minimum atomic E-state index is -3.93. The first-order chi connectivity index (χ1) is 24.5. The van der Waals surface area contributed by atoms with Crippen molar-refractivity contribution < 1.29 is 46.3 Å². The van der Waals surface area contributed by atoms with Gasteiger partial charge in [0.15, 0.2) is 0 Å². The van der Waals surface area contributed by atoms with Gasteiger partial charge >= 0.3 is 12.2 Å². The Labute approximate surface area is 303 Å². The van der Waals surface area contributed by atoms with E-state index in [0.29, 0.717) is 36.8 Å². The predicted molar refractivity (Wildman–Crippen MR) is 185 cm³/mol. The number of benzene rings is 1. The molecule has 1 aromatic carbocycles. The van der Waals surface area contributed by atoms with Gasteiger partial charge in [0.05, 0.1) is 18.3 Å². The molecule has 2 aliphatic carbocycles. The quantitative estimate of drug-likeness (QED) is 0.381. The van der Waals surface area contributed by atoms with Gasteiger partial charge in [-0.3, -0.25) is 24.0 Å². The summed E-state index contributed by atoms with van der Waals surface area (Å²) in [6.45, 7) is 6.64. The Hall–Kier alpha value is -4.21. The number of nitrogens with one attached hydrogen (secondary N) is 3. The Morgan fingerprint density at radius 2 is 1.81 bits per heavy atom. The van der Waals surface area contributed by atoms with Crippen molar-refractivity contribution in [1.82, 2.24) is 25.2 Å². The third kappa shape index (κ3) is 8.06. The number of allylic oxidation sites excluding steroid dienone is 1. The number of nitrogens with zero attached hydrogens (tertiary/aromatic N) is 2. The molecule has 16 heteroatoms. The Morgan fingerprint density at radius 3 is 2.50 bits per heavy atom. The molecule has 3 fully saturated rings. The topological polar surface area (TPSA) is 181 Å². The normalized spacial score (nSPS) is 30.1. The highest BCUT2D eigenvalue weighted by Crippen LogP contribution is 2.46. The Balaban J connectivity index is 1.28. The summed E-state index contributed by atoms with van der Waals surface area (Å²) in [5, 5.41) is 4.83. The van der Waals surface area contributed by atoms with Gasteiger partial charge in [-0.05, 0) is 70.9 Å². The van der Waals surface area contributed by atoms with Crippen LogP contribution in [0.4, 0.5) is 14.0 Å². The lowest BCUT2D eigenvalue weighted by atomic mass is 9.98. The summed E-state index contributed by atoms with van der Waals surface area (Å²) in [6, 6.07) is 2.26. The zero-order valence-corrected chi connectivity index (χ0v) is 30.8. The van der Waals surface area contributed by atoms with Gasteiger partial charge in [0.1, 0.15) is 35.1 Å². The number of carbonyl (C=O) groups is 5. The molecule has 14 nitrogen and oxygen atoms in total. The van der Waals surface area contributed by atoms with E-state index in [1.807, 2.05) is 12.2 Å². The highest BCUT2D eigenvalue weighted by Gasteiger charge is 2.62. The second-order valence-corrected chi connectivity index (χ2v) is 17.6. The molecule has 2 saturated carbocycles. The number of alkyl carbamates (subject to hydrolysis) is 1. The molecule has 1 saturated heterocycles. The molecule has 0 aromatic heterocycles.